The zero-order chi connectivity index (χ0) is 24.0. The van der Waals surface area contributed by atoms with E-state index in [4.69, 9.17) is 12.2 Å². The van der Waals surface area contributed by atoms with E-state index in [1.807, 2.05) is 50.2 Å². The third-order valence-electron chi connectivity index (χ3n) is 6.09. The predicted molar refractivity (Wildman–Crippen MR) is 118 cm³/mol. The summed E-state index contributed by atoms with van der Waals surface area (Å²) in [6.45, 7) is 4.25. The number of rotatable bonds is 7. The van der Waals surface area contributed by atoms with Gasteiger partial charge in [0.2, 0.25) is 11.8 Å². The highest BCUT2D eigenvalue weighted by Gasteiger charge is 2.63. The molecular weight excluding hydrogens is 392 g/mol. The summed E-state index contributed by atoms with van der Waals surface area (Å²) < 4.78 is 27.3. The molecule has 2 fully saturated rings. The lowest BCUT2D eigenvalue weighted by Gasteiger charge is -2.47. The zero-order valence-corrected chi connectivity index (χ0v) is 18.4. The van der Waals surface area contributed by atoms with Gasteiger partial charge in [-0.15, -0.1) is 0 Å². The number of ether oxygens (including phenoxy) is 2. The van der Waals surface area contributed by atoms with Crippen molar-refractivity contribution in [3.63, 3.8) is 0 Å². The average Bonchev–Trinajstić information content (AvgIpc) is 3.38. The Morgan fingerprint density at radius 2 is 1.45 bits per heavy atom. The van der Waals surface area contributed by atoms with Crippen molar-refractivity contribution in [2.75, 3.05) is 14.2 Å². The van der Waals surface area contributed by atoms with Crippen LogP contribution in [-0.2, 0) is 22.7 Å². The molecule has 164 valence electrons. The summed E-state index contributed by atoms with van der Waals surface area (Å²) in [6, 6.07) is 14.0. The van der Waals surface area contributed by atoms with E-state index in [2.05, 4.69) is 0 Å². The first-order chi connectivity index (χ1) is 15.6. The van der Waals surface area contributed by atoms with Crippen molar-refractivity contribution in [3.8, 4) is 11.5 Å². The summed E-state index contributed by atoms with van der Waals surface area (Å²) in [6.07, 6.45) is -1.77. The van der Waals surface area contributed by atoms with Crippen LogP contribution in [0.3, 0.4) is 0 Å². The molecule has 31 heavy (non-hydrogen) atoms. The number of nitrogens with zero attached hydrogens (tertiary/aromatic N) is 2. The second kappa shape index (κ2) is 8.25. The summed E-state index contributed by atoms with van der Waals surface area (Å²) in [5.74, 6) is 0.744. The summed E-state index contributed by atoms with van der Waals surface area (Å²) in [7, 11) is 3.17. The zero-order valence-electron chi connectivity index (χ0n) is 20.4. The molecule has 0 bridgehead atoms. The van der Waals surface area contributed by atoms with E-state index in [-0.39, 0.29) is 37.2 Å². The number of hydrogen-bond donors (Lipinski definition) is 0. The maximum Gasteiger partial charge on any atom is 0.249 e. The molecule has 1 aliphatic heterocycles. The van der Waals surface area contributed by atoms with Gasteiger partial charge in [0.05, 0.1) is 14.2 Å². The number of benzene rings is 2. The first-order valence-corrected chi connectivity index (χ1v) is 10.5. The van der Waals surface area contributed by atoms with Gasteiger partial charge in [-0.05, 0) is 54.1 Å². The average molecular weight is 425 g/mol. The van der Waals surface area contributed by atoms with Crippen LogP contribution >= 0.6 is 0 Å². The third-order valence-corrected chi connectivity index (χ3v) is 6.09. The lowest BCUT2D eigenvalue weighted by Crippen LogP contribution is -2.66. The Hall–Kier alpha value is -3.02. The molecule has 0 radical (unpaired) electrons. The number of carbonyl (C=O) groups is 2. The van der Waals surface area contributed by atoms with Crippen LogP contribution in [0.15, 0.2) is 48.5 Å². The van der Waals surface area contributed by atoms with E-state index < -0.39 is 18.0 Å². The number of amides is 2. The number of piperazine rings is 1. The molecule has 1 unspecified atom stereocenters. The molecular formula is C25H30N2O4. The lowest BCUT2D eigenvalue weighted by molar-refractivity contribution is -0.167. The topological polar surface area (TPSA) is 59.1 Å². The quantitative estimate of drug-likeness (QED) is 0.681. The molecule has 1 saturated heterocycles. The second-order valence-corrected chi connectivity index (χ2v) is 8.46. The molecule has 2 aliphatic rings. The van der Waals surface area contributed by atoms with Gasteiger partial charge >= 0.3 is 0 Å². The Morgan fingerprint density at radius 1 is 0.968 bits per heavy atom. The Kier molecular flexibility index (Phi) is 4.98. The molecule has 2 amide bonds. The van der Waals surface area contributed by atoms with Gasteiger partial charge in [-0.1, -0.05) is 38.1 Å². The normalized spacial score (nSPS) is 25.5. The minimum atomic E-state index is -1.77. The first kappa shape index (κ1) is 18.7. The number of carbonyl (C=O) groups excluding carboxylic acids is 2. The van der Waals surface area contributed by atoms with Crippen LogP contribution < -0.4 is 9.47 Å². The third kappa shape index (κ3) is 3.87. The highest BCUT2D eigenvalue weighted by molar-refractivity contribution is 6.01. The number of hydrogen-bond acceptors (Lipinski definition) is 4. The fourth-order valence-electron chi connectivity index (χ4n) is 4.26. The van der Waals surface area contributed by atoms with Crippen LogP contribution in [0.2, 0.25) is 0 Å². The maximum atomic E-state index is 13.9. The van der Waals surface area contributed by atoms with E-state index in [9.17, 15) is 9.59 Å². The van der Waals surface area contributed by atoms with Crippen molar-refractivity contribution in [1.82, 2.24) is 9.80 Å². The van der Waals surface area contributed by atoms with E-state index in [0.717, 1.165) is 11.1 Å². The highest BCUT2D eigenvalue weighted by Crippen LogP contribution is 2.48. The Bertz CT molecular complexity index is 1040. The molecule has 6 nitrogen and oxygen atoms in total. The molecule has 1 aliphatic carbocycles. The SMILES string of the molecule is [2H]C1([2H])CC12C(=O)N(Cc1ccc(OC)cc1)[C@@H](C(C)C)C(=O)N2Cc1ccc(OC)cc1. The van der Waals surface area contributed by atoms with Gasteiger partial charge in [0.15, 0.2) is 0 Å². The lowest BCUT2D eigenvalue weighted by atomic mass is 9.93. The van der Waals surface area contributed by atoms with Gasteiger partial charge in [0.25, 0.3) is 0 Å². The predicted octanol–water partition coefficient (Wildman–Crippen LogP) is 3.63. The second-order valence-electron chi connectivity index (χ2n) is 8.46. The molecule has 0 N–H and O–H groups in total. The van der Waals surface area contributed by atoms with Gasteiger partial charge in [0.1, 0.15) is 23.1 Å². The molecule has 6 heteroatoms. The first-order valence-electron chi connectivity index (χ1n) is 11.5. The summed E-state index contributed by atoms with van der Waals surface area (Å²) in [5, 5.41) is 0. The highest BCUT2D eigenvalue weighted by atomic mass is 16.5. The Balaban J connectivity index is 1.68. The van der Waals surface area contributed by atoms with Crippen molar-refractivity contribution < 1.29 is 21.8 Å². The van der Waals surface area contributed by atoms with Crippen molar-refractivity contribution in [1.29, 1.82) is 0 Å². The fourth-order valence-corrected chi connectivity index (χ4v) is 4.26. The van der Waals surface area contributed by atoms with Gasteiger partial charge in [-0.2, -0.15) is 0 Å². The van der Waals surface area contributed by atoms with Crippen molar-refractivity contribution >= 4 is 11.8 Å². The van der Waals surface area contributed by atoms with Crippen LogP contribution in [0.4, 0.5) is 0 Å². The summed E-state index contributed by atoms with van der Waals surface area (Å²) in [5.41, 5.74) is 0.217. The van der Waals surface area contributed by atoms with E-state index in [1.54, 1.807) is 31.3 Å². The van der Waals surface area contributed by atoms with Crippen LogP contribution in [0.5, 0.6) is 11.5 Å². The monoisotopic (exact) mass is 424 g/mol. The van der Waals surface area contributed by atoms with Crippen molar-refractivity contribution in [3.05, 3.63) is 59.7 Å². The van der Waals surface area contributed by atoms with Gasteiger partial charge < -0.3 is 19.3 Å². The number of methoxy groups -OCH3 is 2. The van der Waals surface area contributed by atoms with E-state index in [0.29, 0.717) is 11.5 Å². The minimum Gasteiger partial charge on any atom is -0.497 e. The minimum absolute atomic E-state index is 0.00462. The van der Waals surface area contributed by atoms with Gasteiger partial charge in [0, 0.05) is 15.8 Å². The molecule has 2 aromatic rings. The maximum absolute atomic E-state index is 13.9. The largest absolute Gasteiger partial charge is 0.497 e. The fraction of sp³-hybridized carbons (Fsp3) is 0.440. The van der Waals surface area contributed by atoms with E-state index in [1.165, 1.54) is 4.90 Å². The van der Waals surface area contributed by atoms with Crippen molar-refractivity contribution in [2.24, 2.45) is 5.92 Å². The van der Waals surface area contributed by atoms with Crippen LogP contribution in [0, 0.1) is 5.92 Å². The van der Waals surface area contributed by atoms with Crippen LogP contribution in [0.1, 0.15) is 40.5 Å². The standard InChI is InChI=1S/C25H30N2O4/c1-17(2)22-23(28)27(16-19-7-11-21(31-4)12-8-19)25(13-14-25)24(29)26(22)15-18-5-9-20(30-3)10-6-18/h5-12,17,22H,13-16H2,1-4H3/t22-/m0/s1/i13D2/t22-,25?. The molecule has 4 rings (SSSR count). The smallest absolute Gasteiger partial charge is 0.249 e. The van der Waals surface area contributed by atoms with Gasteiger partial charge in [-0.25, -0.2) is 0 Å². The molecule has 2 aromatic carbocycles. The molecule has 1 heterocycles. The Morgan fingerprint density at radius 3 is 1.87 bits per heavy atom. The molecule has 1 spiro atoms. The Labute approximate surface area is 186 Å². The van der Waals surface area contributed by atoms with E-state index >= 15 is 0 Å². The van der Waals surface area contributed by atoms with Gasteiger partial charge in [-0.3, -0.25) is 9.59 Å². The van der Waals surface area contributed by atoms with Crippen LogP contribution in [0.25, 0.3) is 0 Å². The van der Waals surface area contributed by atoms with Crippen LogP contribution in [-0.4, -0.2) is 47.4 Å². The summed E-state index contributed by atoms with van der Waals surface area (Å²) >= 11 is 0. The molecule has 1 saturated carbocycles. The molecule has 0 aromatic heterocycles. The summed E-state index contributed by atoms with van der Waals surface area (Å²) in [4.78, 5) is 30.7. The molecule has 2 atom stereocenters. The van der Waals surface area contributed by atoms with Crippen molar-refractivity contribution in [2.45, 2.75) is 51.3 Å².